The monoisotopic (exact) mass is 396 g/mol. The van der Waals surface area contributed by atoms with Gasteiger partial charge in [0.2, 0.25) is 5.91 Å². The highest BCUT2D eigenvalue weighted by atomic mass is 32.2. The topological polar surface area (TPSA) is 50.5 Å². The third-order valence-corrected chi connectivity index (χ3v) is 6.90. The predicted molar refractivity (Wildman–Crippen MR) is 115 cm³/mol. The molecule has 1 aromatic carbocycles. The number of rotatable bonds is 4. The number of piperidine rings is 1. The van der Waals surface area contributed by atoms with Gasteiger partial charge in [0.1, 0.15) is 0 Å². The van der Waals surface area contributed by atoms with Crippen molar-refractivity contribution < 1.29 is 4.79 Å². The highest BCUT2D eigenvalue weighted by Crippen LogP contribution is 2.28. The van der Waals surface area contributed by atoms with E-state index in [0.29, 0.717) is 11.8 Å². The molecule has 0 saturated carbocycles. The molecular weight excluding hydrogens is 368 g/mol. The minimum absolute atomic E-state index is 0.220. The molecule has 1 amide bonds. The van der Waals surface area contributed by atoms with Crippen LogP contribution in [-0.2, 0) is 4.79 Å². The number of fused-ring (bicyclic) bond motifs is 3. The Morgan fingerprint density at radius 1 is 1.11 bits per heavy atom. The molecule has 0 spiro atoms. The molecule has 28 heavy (non-hydrogen) atoms. The third kappa shape index (κ3) is 3.39. The highest BCUT2D eigenvalue weighted by Gasteiger charge is 2.25. The van der Waals surface area contributed by atoms with Gasteiger partial charge in [-0.2, -0.15) is 0 Å². The van der Waals surface area contributed by atoms with Crippen LogP contribution in [0.15, 0.2) is 23.4 Å². The summed E-state index contributed by atoms with van der Waals surface area (Å²) in [6.07, 6.45) is 4.51. The van der Waals surface area contributed by atoms with Gasteiger partial charge in [-0.1, -0.05) is 18.7 Å². The number of hydrogen-bond acceptors (Lipinski definition) is 4. The second-order valence-corrected chi connectivity index (χ2v) is 8.84. The van der Waals surface area contributed by atoms with Crippen molar-refractivity contribution in [2.45, 2.75) is 64.6 Å². The number of hydrogen-bond donors (Lipinski definition) is 0. The lowest BCUT2D eigenvalue weighted by molar-refractivity contribution is -0.132. The molecule has 3 heterocycles. The molecule has 4 rings (SSSR count). The molecule has 1 aliphatic rings. The van der Waals surface area contributed by atoms with Crippen LogP contribution in [0.4, 0.5) is 0 Å². The van der Waals surface area contributed by atoms with E-state index in [9.17, 15) is 4.79 Å². The van der Waals surface area contributed by atoms with Crippen molar-refractivity contribution in [1.29, 1.82) is 0 Å². The molecule has 0 aliphatic carbocycles. The minimum Gasteiger partial charge on any atom is -0.339 e. The van der Waals surface area contributed by atoms with E-state index in [-0.39, 0.29) is 5.91 Å². The van der Waals surface area contributed by atoms with E-state index < -0.39 is 0 Å². The maximum absolute atomic E-state index is 12.9. The van der Waals surface area contributed by atoms with Crippen LogP contribution in [0.1, 0.15) is 49.3 Å². The van der Waals surface area contributed by atoms with Crippen LogP contribution in [0.5, 0.6) is 0 Å². The number of thioether (sulfide) groups is 1. The number of carbonyl (C=O) groups excluding carboxylic acids is 1. The molecule has 6 heteroatoms. The first kappa shape index (κ1) is 19.2. The third-order valence-electron chi connectivity index (χ3n) is 5.99. The Morgan fingerprint density at radius 3 is 2.64 bits per heavy atom. The first-order valence-electron chi connectivity index (χ1n) is 10.2. The van der Waals surface area contributed by atoms with E-state index in [4.69, 9.17) is 0 Å². The number of carbonyl (C=O) groups is 1. The molecule has 148 valence electrons. The molecule has 1 atom stereocenters. The smallest absolute Gasteiger partial charge is 0.233 e. The molecule has 0 N–H and O–H groups in total. The Kier molecular flexibility index (Phi) is 5.32. The number of nitrogens with zero attached hydrogens (tertiary/aromatic N) is 4. The van der Waals surface area contributed by atoms with Gasteiger partial charge in [-0.05, 0) is 86.7 Å². The quantitative estimate of drug-likeness (QED) is 0.600. The molecular formula is C22H28N4OS. The van der Waals surface area contributed by atoms with Crippen molar-refractivity contribution >= 4 is 34.2 Å². The molecule has 2 aromatic heterocycles. The summed E-state index contributed by atoms with van der Waals surface area (Å²) in [5, 5.41) is 10.8. The van der Waals surface area contributed by atoms with Crippen LogP contribution < -0.4 is 0 Å². The summed E-state index contributed by atoms with van der Waals surface area (Å²) in [4.78, 5) is 15.0. The van der Waals surface area contributed by atoms with E-state index in [1.807, 2.05) is 0 Å². The Labute approximate surface area is 170 Å². The molecule has 5 nitrogen and oxygen atoms in total. The number of aryl methyl sites for hydroxylation is 3. The number of likely N-dealkylation sites (tertiary alicyclic amines) is 1. The van der Waals surface area contributed by atoms with Gasteiger partial charge < -0.3 is 4.90 Å². The standard InChI is InChI=1S/C22H28N4OS/c1-5-18-8-6-7-9-25(18)20(27)13-28-22-24-23-21-16(4)11-17-10-14(2)15(3)12-19(17)26(21)22/h10-12,18H,5-9,13H2,1-4H3/t18-/m0/s1. The van der Waals surface area contributed by atoms with Crippen LogP contribution in [0.2, 0.25) is 0 Å². The SMILES string of the molecule is CC[C@H]1CCCCN1C(=O)CSc1nnc2c(C)cc3cc(C)c(C)cc3n12. The highest BCUT2D eigenvalue weighted by molar-refractivity contribution is 7.99. The number of amides is 1. The van der Waals surface area contributed by atoms with Crippen molar-refractivity contribution in [3.8, 4) is 0 Å². The van der Waals surface area contributed by atoms with Crippen molar-refractivity contribution in [2.75, 3.05) is 12.3 Å². The normalized spacial score (nSPS) is 17.6. The number of benzene rings is 1. The second-order valence-electron chi connectivity index (χ2n) is 7.90. The molecule has 0 bridgehead atoms. The van der Waals surface area contributed by atoms with Crippen LogP contribution in [0.25, 0.3) is 16.6 Å². The zero-order valence-corrected chi connectivity index (χ0v) is 18.0. The fourth-order valence-corrected chi connectivity index (χ4v) is 5.06. The largest absolute Gasteiger partial charge is 0.339 e. The van der Waals surface area contributed by atoms with E-state index in [1.54, 1.807) is 0 Å². The summed E-state index contributed by atoms with van der Waals surface area (Å²) in [5.41, 5.74) is 5.60. The van der Waals surface area contributed by atoms with Gasteiger partial charge in [0.15, 0.2) is 10.8 Å². The lowest BCUT2D eigenvalue weighted by Crippen LogP contribution is -2.44. The van der Waals surface area contributed by atoms with Crippen LogP contribution >= 0.6 is 11.8 Å². The van der Waals surface area contributed by atoms with E-state index >= 15 is 0 Å². The maximum Gasteiger partial charge on any atom is 0.233 e. The summed E-state index contributed by atoms with van der Waals surface area (Å²) < 4.78 is 2.11. The summed E-state index contributed by atoms with van der Waals surface area (Å²) >= 11 is 1.50. The summed E-state index contributed by atoms with van der Waals surface area (Å²) in [6.45, 7) is 9.39. The molecule has 1 saturated heterocycles. The van der Waals surface area contributed by atoms with E-state index in [2.05, 4.69) is 65.4 Å². The predicted octanol–water partition coefficient (Wildman–Crippen LogP) is 4.69. The minimum atomic E-state index is 0.220. The van der Waals surface area contributed by atoms with Crippen molar-refractivity contribution in [2.24, 2.45) is 0 Å². The molecule has 0 unspecified atom stereocenters. The van der Waals surface area contributed by atoms with Gasteiger partial charge >= 0.3 is 0 Å². The Bertz CT molecular complexity index is 1040. The number of pyridine rings is 1. The first-order valence-corrected chi connectivity index (χ1v) is 11.2. The molecule has 0 radical (unpaired) electrons. The Balaban J connectivity index is 1.66. The molecule has 3 aromatic rings. The average molecular weight is 397 g/mol. The average Bonchev–Trinajstić information content (AvgIpc) is 3.12. The summed E-state index contributed by atoms with van der Waals surface area (Å²) in [7, 11) is 0. The fraction of sp³-hybridized carbons (Fsp3) is 0.500. The summed E-state index contributed by atoms with van der Waals surface area (Å²) in [6, 6.07) is 6.98. The van der Waals surface area contributed by atoms with Crippen LogP contribution in [0, 0.1) is 20.8 Å². The van der Waals surface area contributed by atoms with Crippen LogP contribution in [0.3, 0.4) is 0 Å². The Morgan fingerprint density at radius 2 is 1.86 bits per heavy atom. The maximum atomic E-state index is 12.9. The van der Waals surface area contributed by atoms with Crippen molar-refractivity contribution in [3.63, 3.8) is 0 Å². The lowest BCUT2D eigenvalue weighted by Gasteiger charge is -2.35. The fourth-order valence-electron chi connectivity index (χ4n) is 4.23. The molecule has 1 fully saturated rings. The second kappa shape index (κ2) is 7.74. The summed E-state index contributed by atoms with van der Waals surface area (Å²) in [5.74, 6) is 0.634. The van der Waals surface area contributed by atoms with Gasteiger partial charge in [-0.25, -0.2) is 0 Å². The number of aromatic nitrogens is 3. The van der Waals surface area contributed by atoms with Crippen LogP contribution in [-0.4, -0.2) is 43.7 Å². The van der Waals surface area contributed by atoms with Gasteiger partial charge in [0.05, 0.1) is 11.3 Å². The van der Waals surface area contributed by atoms with Gasteiger partial charge in [-0.3, -0.25) is 9.20 Å². The zero-order chi connectivity index (χ0) is 19.8. The first-order chi connectivity index (χ1) is 13.5. The lowest BCUT2D eigenvalue weighted by atomic mass is 10.0. The van der Waals surface area contributed by atoms with E-state index in [1.165, 1.54) is 34.7 Å². The van der Waals surface area contributed by atoms with Crippen molar-refractivity contribution in [1.82, 2.24) is 19.5 Å². The van der Waals surface area contributed by atoms with Crippen molar-refractivity contribution in [3.05, 3.63) is 34.9 Å². The zero-order valence-electron chi connectivity index (χ0n) is 17.2. The van der Waals surface area contributed by atoms with Gasteiger partial charge in [0.25, 0.3) is 0 Å². The van der Waals surface area contributed by atoms with E-state index in [0.717, 1.165) is 47.7 Å². The molecule has 1 aliphatic heterocycles. The van der Waals surface area contributed by atoms with Gasteiger partial charge in [-0.15, -0.1) is 10.2 Å². The van der Waals surface area contributed by atoms with Gasteiger partial charge in [0, 0.05) is 12.6 Å². The Hall–Kier alpha value is -2.08.